The van der Waals surface area contributed by atoms with Gasteiger partial charge in [0.25, 0.3) is 5.91 Å². The Bertz CT molecular complexity index is 1040. The van der Waals surface area contributed by atoms with Crippen LogP contribution in [0.5, 0.6) is 0 Å². The summed E-state index contributed by atoms with van der Waals surface area (Å²) < 4.78 is 0. The number of hydrogen-bond acceptors (Lipinski definition) is 3. The minimum atomic E-state index is -0.140. The number of carbonyl (C=O) groups excluding carboxylic acids is 3. The van der Waals surface area contributed by atoms with E-state index in [1.807, 2.05) is 17.0 Å². The molecule has 36 heavy (non-hydrogen) atoms. The highest BCUT2D eigenvalue weighted by atomic mass is 16.2. The molecule has 4 bridgehead atoms. The summed E-state index contributed by atoms with van der Waals surface area (Å²) in [4.78, 5) is 39.9. The molecule has 4 amide bonds. The summed E-state index contributed by atoms with van der Waals surface area (Å²) in [5.41, 5.74) is 1.94. The molecule has 1 aromatic rings. The molecule has 0 aromatic heterocycles. The molecule has 6 aliphatic rings. The zero-order valence-electron chi connectivity index (χ0n) is 21.7. The standard InChI is InChI=1S/C29H40N4O3/c1-27-13-19-14-28(2,16-27)18-29(15-19,17-27)32-26(36)31-22-7-5-21(6-8-22)25(35)33-11-9-23(10-12-33)30-24(34)20-3-4-20/h5-8,19-20,23H,3-4,9-18H2,1-2H3,(H,30,34)(H2,31,32,36). The highest BCUT2D eigenvalue weighted by Gasteiger charge is 2.60. The van der Waals surface area contributed by atoms with Crippen molar-refractivity contribution in [2.24, 2.45) is 22.7 Å². The number of rotatable bonds is 5. The van der Waals surface area contributed by atoms with E-state index in [1.165, 1.54) is 19.3 Å². The fourth-order valence-electron chi connectivity index (χ4n) is 8.76. The fourth-order valence-corrected chi connectivity index (χ4v) is 8.76. The number of amides is 4. The summed E-state index contributed by atoms with van der Waals surface area (Å²) in [7, 11) is 0. The largest absolute Gasteiger partial charge is 0.353 e. The van der Waals surface area contributed by atoms with Crippen molar-refractivity contribution in [1.29, 1.82) is 0 Å². The van der Waals surface area contributed by atoms with E-state index in [4.69, 9.17) is 0 Å². The third-order valence-electron chi connectivity index (χ3n) is 9.47. The lowest BCUT2D eigenvalue weighted by Crippen LogP contribution is -2.65. The Kier molecular flexibility index (Phi) is 5.61. The lowest BCUT2D eigenvalue weighted by atomic mass is 9.43. The Morgan fingerprint density at radius 2 is 1.50 bits per heavy atom. The molecule has 194 valence electrons. The maximum absolute atomic E-state index is 13.0. The molecule has 7 heteroatoms. The Balaban J connectivity index is 1.02. The molecule has 1 saturated heterocycles. The number of benzene rings is 1. The van der Waals surface area contributed by atoms with E-state index >= 15 is 0 Å². The minimum Gasteiger partial charge on any atom is -0.353 e. The molecule has 1 heterocycles. The van der Waals surface area contributed by atoms with E-state index in [2.05, 4.69) is 29.8 Å². The molecule has 5 aliphatic carbocycles. The molecule has 1 aromatic carbocycles. The Morgan fingerprint density at radius 1 is 0.861 bits per heavy atom. The molecule has 0 spiro atoms. The molecule has 1 aliphatic heterocycles. The smallest absolute Gasteiger partial charge is 0.319 e. The number of nitrogens with zero attached hydrogens (tertiary/aromatic N) is 1. The lowest BCUT2D eigenvalue weighted by molar-refractivity contribution is -0.123. The average molecular weight is 493 g/mol. The number of carbonyl (C=O) groups is 3. The van der Waals surface area contributed by atoms with Gasteiger partial charge in [-0.05, 0) is 105 Å². The van der Waals surface area contributed by atoms with Gasteiger partial charge in [-0.3, -0.25) is 9.59 Å². The second-order valence-electron chi connectivity index (χ2n) is 13.4. The van der Waals surface area contributed by atoms with Crippen LogP contribution in [0.2, 0.25) is 0 Å². The molecule has 6 fully saturated rings. The first-order valence-corrected chi connectivity index (χ1v) is 13.9. The van der Waals surface area contributed by atoms with Crippen LogP contribution in [0, 0.1) is 22.7 Å². The van der Waals surface area contributed by atoms with Gasteiger partial charge in [-0.15, -0.1) is 0 Å². The maximum atomic E-state index is 13.0. The van der Waals surface area contributed by atoms with Crippen molar-refractivity contribution in [3.05, 3.63) is 29.8 Å². The van der Waals surface area contributed by atoms with Gasteiger partial charge < -0.3 is 20.9 Å². The lowest BCUT2D eigenvalue weighted by Gasteiger charge is -2.65. The predicted octanol–water partition coefficient (Wildman–Crippen LogP) is 4.69. The van der Waals surface area contributed by atoms with Crippen LogP contribution in [0.4, 0.5) is 10.5 Å². The summed E-state index contributed by atoms with van der Waals surface area (Å²) >= 11 is 0. The first kappa shape index (κ1) is 23.8. The van der Waals surface area contributed by atoms with Crippen LogP contribution in [-0.4, -0.2) is 47.4 Å². The van der Waals surface area contributed by atoms with Crippen molar-refractivity contribution in [2.75, 3.05) is 18.4 Å². The minimum absolute atomic E-state index is 0.00743. The van der Waals surface area contributed by atoms with Gasteiger partial charge in [-0.2, -0.15) is 0 Å². The third kappa shape index (κ3) is 4.73. The van der Waals surface area contributed by atoms with E-state index in [0.29, 0.717) is 35.2 Å². The van der Waals surface area contributed by atoms with E-state index in [9.17, 15) is 14.4 Å². The zero-order valence-corrected chi connectivity index (χ0v) is 21.7. The number of likely N-dealkylation sites (tertiary alicyclic amines) is 1. The Morgan fingerprint density at radius 3 is 2.08 bits per heavy atom. The van der Waals surface area contributed by atoms with Crippen LogP contribution in [0.1, 0.15) is 88.4 Å². The highest BCUT2D eigenvalue weighted by molar-refractivity contribution is 5.95. The highest BCUT2D eigenvalue weighted by Crippen LogP contribution is 2.66. The second kappa shape index (κ2) is 8.49. The van der Waals surface area contributed by atoms with Crippen molar-refractivity contribution in [3.8, 4) is 0 Å². The number of piperidine rings is 1. The van der Waals surface area contributed by atoms with Crippen LogP contribution in [0.3, 0.4) is 0 Å². The molecule has 7 rings (SSSR count). The first-order chi connectivity index (χ1) is 17.1. The van der Waals surface area contributed by atoms with Crippen LogP contribution in [0.15, 0.2) is 24.3 Å². The van der Waals surface area contributed by atoms with Gasteiger partial charge in [-0.1, -0.05) is 13.8 Å². The monoisotopic (exact) mass is 492 g/mol. The maximum Gasteiger partial charge on any atom is 0.319 e. The molecular formula is C29H40N4O3. The van der Waals surface area contributed by atoms with Gasteiger partial charge in [0.15, 0.2) is 0 Å². The van der Waals surface area contributed by atoms with Gasteiger partial charge >= 0.3 is 6.03 Å². The van der Waals surface area contributed by atoms with E-state index in [1.54, 1.807) is 12.1 Å². The topological polar surface area (TPSA) is 90.5 Å². The summed E-state index contributed by atoms with van der Waals surface area (Å²) in [6, 6.07) is 7.26. The van der Waals surface area contributed by atoms with E-state index < -0.39 is 0 Å². The molecule has 5 saturated carbocycles. The second-order valence-corrected chi connectivity index (χ2v) is 13.4. The third-order valence-corrected chi connectivity index (χ3v) is 9.47. The SMILES string of the molecule is CC12CC3CC(C)(C1)CC(NC(=O)Nc1ccc(C(=O)N4CCC(NC(=O)C5CC5)CC4)cc1)(C3)C2. The molecular weight excluding hydrogens is 452 g/mol. The van der Waals surface area contributed by atoms with Gasteiger partial charge in [0, 0.05) is 41.8 Å². The number of urea groups is 1. The van der Waals surface area contributed by atoms with E-state index in [0.717, 1.165) is 50.9 Å². The Labute approximate surface area is 214 Å². The van der Waals surface area contributed by atoms with Gasteiger partial charge in [0.05, 0.1) is 0 Å². The van der Waals surface area contributed by atoms with Crippen LogP contribution >= 0.6 is 0 Å². The van der Waals surface area contributed by atoms with Crippen LogP contribution in [-0.2, 0) is 4.79 Å². The normalized spacial score (nSPS) is 35.4. The van der Waals surface area contributed by atoms with Crippen molar-refractivity contribution in [1.82, 2.24) is 15.5 Å². The molecule has 0 radical (unpaired) electrons. The van der Waals surface area contributed by atoms with E-state index in [-0.39, 0.29) is 35.3 Å². The summed E-state index contributed by atoms with van der Waals surface area (Å²) in [6.07, 6.45) is 10.7. The van der Waals surface area contributed by atoms with Crippen molar-refractivity contribution in [2.45, 2.75) is 89.6 Å². The van der Waals surface area contributed by atoms with Gasteiger partial charge in [0.1, 0.15) is 0 Å². The zero-order chi connectivity index (χ0) is 25.1. The van der Waals surface area contributed by atoms with Crippen molar-refractivity contribution >= 4 is 23.5 Å². The van der Waals surface area contributed by atoms with Crippen molar-refractivity contribution < 1.29 is 14.4 Å². The van der Waals surface area contributed by atoms with Gasteiger partial charge in [0.2, 0.25) is 5.91 Å². The van der Waals surface area contributed by atoms with Crippen molar-refractivity contribution in [3.63, 3.8) is 0 Å². The quantitative estimate of drug-likeness (QED) is 0.557. The number of hydrogen-bond donors (Lipinski definition) is 3. The molecule has 3 N–H and O–H groups in total. The number of anilines is 1. The number of nitrogens with one attached hydrogen (secondary N) is 3. The molecule has 2 unspecified atom stereocenters. The summed E-state index contributed by atoms with van der Waals surface area (Å²) in [5.74, 6) is 1.13. The molecule has 2 atom stereocenters. The molecule has 7 nitrogen and oxygen atoms in total. The van der Waals surface area contributed by atoms with Crippen LogP contribution in [0.25, 0.3) is 0 Å². The fraction of sp³-hybridized carbons (Fsp3) is 0.690. The Hall–Kier alpha value is -2.57. The average Bonchev–Trinajstić information content (AvgIpc) is 3.62. The van der Waals surface area contributed by atoms with Gasteiger partial charge in [-0.25, -0.2) is 4.79 Å². The van der Waals surface area contributed by atoms with Crippen LogP contribution < -0.4 is 16.0 Å². The summed E-state index contributed by atoms with van der Waals surface area (Å²) in [5, 5.41) is 9.53. The summed E-state index contributed by atoms with van der Waals surface area (Å²) in [6.45, 7) is 6.12. The first-order valence-electron chi connectivity index (χ1n) is 13.9. The predicted molar refractivity (Wildman–Crippen MR) is 139 cm³/mol.